The number of hydrogen-bond donors (Lipinski definition) is 1. The second kappa shape index (κ2) is 3.11. The molecule has 0 atom stereocenters. The first-order valence-corrected chi connectivity index (χ1v) is 3.68. The van der Waals surface area contributed by atoms with Gasteiger partial charge in [0, 0.05) is 13.1 Å². The molecule has 1 fully saturated rings. The molecule has 0 aromatic heterocycles. The molecule has 0 aromatic carbocycles. The first kappa shape index (κ1) is 6.93. The maximum absolute atomic E-state index is 3.84. The van der Waals surface area contributed by atoms with Gasteiger partial charge in [-0.1, -0.05) is 0 Å². The van der Waals surface area contributed by atoms with Gasteiger partial charge in [0.15, 0.2) is 0 Å². The number of rotatable bonds is 0. The molecule has 0 amide bonds. The molecule has 1 aliphatic rings. The molecule has 1 aliphatic heterocycles. The highest BCUT2D eigenvalue weighted by Crippen LogP contribution is 2.07. The first-order valence-electron chi connectivity index (χ1n) is 3.28. The molecule has 2 nitrogen and oxygen atoms in total. The van der Waals surface area contributed by atoms with Gasteiger partial charge in [-0.3, -0.25) is 0 Å². The summed E-state index contributed by atoms with van der Waals surface area (Å²) in [5.74, 6) is 1.05. The largest absolute Gasteiger partial charge is 0.360 e. The zero-order valence-corrected chi connectivity index (χ0v) is 6.56. The molecule has 0 saturated carbocycles. The number of likely N-dealkylation sites (tertiary alicyclic amines) is 1. The van der Waals surface area contributed by atoms with E-state index in [1.807, 2.05) is 6.92 Å². The molecule has 3 heteroatoms. The van der Waals surface area contributed by atoms with Gasteiger partial charge in [0.1, 0.15) is 5.84 Å². The van der Waals surface area contributed by atoms with Crippen LogP contribution in [0.4, 0.5) is 0 Å². The van der Waals surface area contributed by atoms with Gasteiger partial charge in [0.05, 0.1) is 0 Å². The smallest absolute Gasteiger partial charge is 0.109 e. The zero-order chi connectivity index (χ0) is 6.69. The Balaban J connectivity index is 2.42. The second-order valence-electron chi connectivity index (χ2n) is 2.34. The lowest BCUT2D eigenvalue weighted by molar-refractivity contribution is 0.518. The molecule has 0 radical (unpaired) electrons. The molecular formula is C6H12N2S. The van der Waals surface area contributed by atoms with E-state index in [1.165, 1.54) is 12.8 Å². The number of hydrogen-bond acceptors (Lipinski definition) is 2. The lowest BCUT2D eigenvalue weighted by Gasteiger charge is -2.14. The van der Waals surface area contributed by atoms with Crippen molar-refractivity contribution >= 4 is 18.7 Å². The van der Waals surface area contributed by atoms with E-state index in [2.05, 4.69) is 22.1 Å². The lowest BCUT2D eigenvalue weighted by Crippen LogP contribution is -2.24. The Morgan fingerprint density at radius 3 is 2.44 bits per heavy atom. The highest BCUT2D eigenvalue weighted by Gasteiger charge is 2.11. The summed E-state index contributed by atoms with van der Waals surface area (Å²) in [5, 5.41) is 0. The number of amidine groups is 1. The van der Waals surface area contributed by atoms with Crippen molar-refractivity contribution in [2.75, 3.05) is 13.1 Å². The third kappa shape index (κ3) is 1.61. The van der Waals surface area contributed by atoms with Crippen molar-refractivity contribution in [3.05, 3.63) is 0 Å². The average Bonchev–Trinajstić information content (AvgIpc) is 2.37. The summed E-state index contributed by atoms with van der Waals surface area (Å²) in [6.45, 7) is 4.32. The van der Waals surface area contributed by atoms with Crippen LogP contribution < -0.4 is 0 Å². The van der Waals surface area contributed by atoms with Gasteiger partial charge >= 0.3 is 0 Å². The fraction of sp³-hybridized carbons (Fsp3) is 0.833. The number of nitrogens with zero attached hydrogens (tertiary/aromatic N) is 2. The maximum Gasteiger partial charge on any atom is 0.109 e. The molecule has 0 spiro atoms. The molecule has 0 aromatic rings. The Labute approximate surface area is 61.5 Å². The van der Waals surface area contributed by atoms with E-state index in [0.717, 1.165) is 18.9 Å². The van der Waals surface area contributed by atoms with E-state index in [4.69, 9.17) is 0 Å². The summed E-state index contributed by atoms with van der Waals surface area (Å²) < 4.78 is 3.81. The van der Waals surface area contributed by atoms with Crippen LogP contribution in [0.3, 0.4) is 0 Å². The summed E-state index contributed by atoms with van der Waals surface area (Å²) in [4.78, 5) is 2.26. The van der Waals surface area contributed by atoms with Crippen LogP contribution in [0.5, 0.6) is 0 Å². The van der Waals surface area contributed by atoms with Crippen LogP contribution in [-0.2, 0) is 0 Å². The summed E-state index contributed by atoms with van der Waals surface area (Å²) >= 11 is 3.84. The van der Waals surface area contributed by atoms with Gasteiger partial charge in [-0.25, -0.2) is 4.40 Å². The quantitative estimate of drug-likeness (QED) is 0.308. The molecule has 0 aliphatic carbocycles. The summed E-state index contributed by atoms with van der Waals surface area (Å²) in [6.07, 6.45) is 2.61. The van der Waals surface area contributed by atoms with Gasteiger partial charge in [-0.2, -0.15) is 0 Å². The highest BCUT2D eigenvalue weighted by atomic mass is 32.1. The molecule has 9 heavy (non-hydrogen) atoms. The van der Waals surface area contributed by atoms with Crippen LogP contribution in [0.1, 0.15) is 19.8 Å². The Kier molecular flexibility index (Phi) is 2.39. The van der Waals surface area contributed by atoms with Gasteiger partial charge in [-0.15, -0.1) is 0 Å². The SMILES string of the molecule is CC(=NS)N1CCCC1. The third-order valence-corrected chi connectivity index (χ3v) is 2.00. The Morgan fingerprint density at radius 2 is 2.00 bits per heavy atom. The average molecular weight is 144 g/mol. The minimum Gasteiger partial charge on any atom is -0.360 e. The van der Waals surface area contributed by atoms with Gasteiger partial charge < -0.3 is 4.90 Å². The second-order valence-corrected chi connectivity index (χ2v) is 2.54. The number of thiol groups is 1. The van der Waals surface area contributed by atoms with E-state index in [-0.39, 0.29) is 0 Å². The van der Waals surface area contributed by atoms with Crippen LogP contribution in [-0.4, -0.2) is 23.8 Å². The van der Waals surface area contributed by atoms with Gasteiger partial charge in [0.2, 0.25) is 0 Å². The predicted molar refractivity (Wildman–Crippen MR) is 42.9 cm³/mol. The van der Waals surface area contributed by atoms with Crippen molar-refractivity contribution in [1.82, 2.24) is 4.90 Å². The molecule has 1 saturated heterocycles. The monoisotopic (exact) mass is 144 g/mol. The minimum atomic E-state index is 1.05. The third-order valence-electron chi connectivity index (χ3n) is 1.71. The van der Waals surface area contributed by atoms with Crippen LogP contribution in [0, 0.1) is 0 Å². The Bertz CT molecular complexity index is 116. The van der Waals surface area contributed by atoms with E-state index in [0.29, 0.717) is 0 Å². The summed E-state index contributed by atoms with van der Waals surface area (Å²) in [7, 11) is 0. The van der Waals surface area contributed by atoms with Crippen molar-refractivity contribution in [2.45, 2.75) is 19.8 Å². The van der Waals surface area contributed by atoms with Gasteiger partial charge in [0.25, 0.3) is 0 Å². The maximum atomic E-state index is 3.84. The normalized spacial score (nSPS) is 21.1. The first-order chi connectivity index (χ1) is 4.34. The summed E-state index contributed by atoms with van der Waals surface area (Å²) in [6, 6.07) is 0. The van der Waals surface area contributed by atoms with Crippen LogP contribution >= 0.6 is 12.8 Å². The van der Waals surface area contributed by atoms with Crippen LogP contribution in [0.2, 0.25) is 0 Å². The molecular weight excluding hydrogens is 132 g/mol. The van der Waals surface area contributed by atoms with Crippen molar-refractivity contribution in [2.24, 2.45) is 4.40 Å². The Hall–Kier alpha value is -0.180. The highest BCUT2D eigenvalue weighted by molar-refractivity contribution is 7.79. The standard InChI is InChI=1S/C6H12N2S/c1-6(7-9)8-4-2-3-5-8/h9H,2-5H2,1H3. The van der Waals surface area contributed by atoms with E-state index < -0.39 is 0 Å². The molecule has 1 heterocycles. The topological polar surface area (TPSA) is 15.6 Å². The fourth-order valence-corrected chi connectivity index (χ4v) is 1.23. The molecule has 1 rings (SSSR count). The lowest BCUT2D eigenvalue weighted by atomic mass is 10.4. The van der Waals surface area contributed by atoms with E-state index in [1.54, 1.807) is 0 Å². The predicted octanol–water partition coefficient (Wildman–Crippen LogP) is 1.35. The zero-order valence-electron chi connectivity index (χ0n) is 5.67. The molecule has 0 bridgehead atoms. The minimum absolute atomic E-state index is 1.05. The van der Waals surface area contributed by atoms with Gasteiger partial charge in [-0.05, 0) is 32.6 Å². The van der Waals surface area contributed by atoms with Crippen LogP contribution in [0.25, 0.3) is 0 Å². The van der Waals surface area contributed by atoms with E-state index in [9.17, 15) is 0 Å². The van der Waals surface area contributed by atoms with E-state index >= 15 is 0 Å². The molecule has 0 N–H and O–H groups in total. The van der Waals surface area contributed by atoms with Crippen molar-refractivity contribution in [3.63, 3.8) is 0 Å². The molecule has 52 valence electrons. The van der Waals surface area contributed by atoms with Crippen molar-refractivity contribution < 1.29 is 0 Å². The van der Waals surface area contributed by atoms with Crippen molar-refractivity contribution in [1.29, 1.82) is 0 Å². The van der Waals surface area contributed by atoms with Crippen LogP contribution in [0.15, 0.2) is 4.40 Å². The molecule has 0 unspecified atom stereocenters. The van der Waals surface area contributed by atoms with Crippen molar-refractivity contribution in [3.8, 4) is 0 Å². The fourth-order valence-electron chi connectivity index (χ4n) is 1.10. The summed E-state index contributed by atoms with van der Waals surface area (Å²) in [5.41, 5.74) is 0. The Morgan fingerprint density at radius 1 is 1.44 bits per heavy atom.